The Balaban J connectivity index is 2.20. The van der Waals surface area contributed by atoms with Crippen molar-refractivity contribution >= 4 is 27.4 Å². The molecular formula is C13H11N3S. The van der Waals surface area contributed by atoms with E-state index in [0.717, 1.165) is 5.69 Å². The first kappa shape index (κ1) is 10.2. The Bertz CT molecular complexity index is 660. The van der Waals surface area contributed by atoms with E-state index in [2.05, 4.69) is 44.9 Å². The fraction of sp³-hybridized carbons (Fsp3) is 0.0769. The molecule has 0 unspecified atom stereocenters. The highest BCUT2D eigenvalue weighted by molar-refractivity contribution is 7.17. The number of hydrogen-bond donors (Lipinski definition) is 1. The van der Waals surface area contributed by atoms with Crippen LogP contribution >= 0.6 is 11.3 Å². The third-order valence-corrected chi connectivity index (χ3v) is 3.60. The molecular weight excluding hydrogens is 230 g/mol. The fourth-order valence-electron chi connectivity index (χ4n) is 1.81. The van der Waals surface area contributed by atoms with E-state index in [0.29, 0.717) is 5.95 Å². The largest absolute Gasteiger partial charge is 0.357 e. The quantitative estimate of drug-likeness (QED) is 0.747. The van der Waals surface area contributed by atoms with Gasteiger partial charge in [-0.25, -0.2) is 9.97 Å². The highest BCUT2D eigenvalue weighted by Gasteiger charge is 2.07. The van der Waals surface area contributed by atoms with E-state index in [9.17, 15) is 0 Å². The molecule has 0 aliphatic rings. The van der Waals surface area contributed by atoms with Crippen LogP contribution in [0.2, 0.25) is 0 Å². The van der Waals surface area contributed by atoms with Crippen LogP contribution in [0.1, 0.15) is 0 Å². The van der Waals surface area contributed by atoms with Crippen LogP contribution in [0.15, 0.2) is 41.9 Å². The Hall–Kier alpha value is -1.94. The number of fused-ring (bicyclic) bond motifs is 1. The lowest BCUT2D eigenvalue weighted by Crippen LogP contribution is -1.96. The summed E-state index contributed by atoms with van der Waals surface area (Å²) in [4.78, 5) is 8.60. The fourth-order valence-corrected chi connectivity index (χ4v) is 2.76. The van der Waals surface area contributed by atoms with Crippen LogP contribution in [0.25, 0.3) is 21.3 Å². The van der Waals surface area contributed by atoms with Crippen LogP contribution in [0.5, 0.6) is 0 Å². The van der Waals surface area contributed by atoms with Crippen molar-refractivity contribution < 1.29 is 0 Å². The second-order valence-corrected chi connectivity index (χ2v) is 4.57. The van der Waals surface area contributed by atoms with E-state index in [4.69, 9.17) is 0 Å². The molecule has 0 radical (unpaired) electrons. The van der Waals surface area contributed by atoms with Crippen LogP contribution in [-0.2, 0) is 0 Å². The maximum atomic E-state index is 4.47. The van der Waals surface area contributed by atoms with Gasteiger partial charge in [0.2, 0.25) is 5.95 Å². The van der Waals surface area contributed by atoms with E-state index in [1.165, 1.54) is 15.6 Å². The molecule has 3 rings (SSSR count). The van der Waals surface area contributed by atoms with Crippen molar-refractivity contribution in [2.24, 2.45) is 0 Å². The van der Waals surface area contributed by atoms with Gasteiger partial charge in [0.15, 0.2) is 0 Å². The normalized spacial score (nSPS) is 10.6. The van der Waals surface area contributed by atoms with Gasteiger partial charge in [0, 0.05) is 34.3 Å². The van der Waals surface area contributed by atoms with Gasteiger partial charge in [-0.1, -0.05) is 18.2 Å². The predicted molar refractivity (Wildman–Crippen MR) is 72.4 cm³/mol. The molecule has 0 aliphatic carbocycles. The Kier molecular flexibility index (Phi) is 2.49. The number of hydrogen-bond acceptors (Lipinski definition) is 4. The molecule has 0 bridgehead atoms. The lowest BCUT2D eigenvalue weighted by molar-refractivity contribution is 1.16. The molecule has 0 spiro atoms. The topological polar surface area (TPSA) is 37.8 Å². The van der Waals surface area contributed by atoms with E-state index in [1.807, 2.05) is 13.1 Å². The van der Waals surface area contributed by atoms with Crippen LogP contribution in [0, 0.1) is 0 Å². The molecule has 0 fully saturated rings. The summed E-state index contributed by atoms with van der Waals surface area (Å²) < 4.78 is 1.28. The number of benzene rings is 1. The second kappa shape index (κ2) is 4.14. The monoisotopic (exact) mass is 241 g/mol. The van der Waals surface area contributed by atoms with E-state index < -0.39 is 0 Å². The van der Waals surface area contributed by atoms with Crippen LogP contribution in [-0.4, -0.2) is 17.0 Å². The lowest BCUT2D eigenvalue weighted by Gasteiger charge is -2.01. The number of aromatic nitrogens is 2. The van der Waals surface area contributed by atoms with Gasteiger partial charge in [-0.05, 0) is 12.1 Å². The maximum absolute atomic E-state index is 4.47. The summed E-state index contributed by atoms with van der Waals surface area (Å²) in [5.41, 5.74) is 2.13. The van der Waals surface area contributed by atoms with Gasteiger partial charge in [-0.15, -0.1) is 11.3 Å². The summed E-state index contributed by atoms with van der Waals surface area (Å²) in [5, 5.41) is 6.35. The molecule has 84 valence electrons. The zero-order chi connectivity index (χ0) is 11.7. The van der Waals surface area contributed by atoms with Gasteiger partial charge in [0.05, 0.1) is 5.69 Å². The van der Waals surface area contributed by atoms with Crippen molar-refractivity contribution in [2.45, 2.75) is 0 Å². The molecule has 3 aromatic rings. The van der Waals surface area contributed by atoms with Gasteiger partial charge in [-0.3, -0.25) is 0 Å². The van der Waals surface area contributed by atoms with Crippen molar-refractivity contribution in [1.29, 1.82) is 0 Å². The Morgan fingerprint density at radius 2 is 2.06 bits per heavy atom. The van der Waals surface area contributed by atoms with Gasteiger partial charge >= 0.3 is 0 Å². The summed E-state index contributed by atoms with van der Waals surface area (Å²) in [6.45, 7) is 0. The average Bonchev–Trinajstić information content (AvgIpc) is 2.82. The van der Waals surface area contributed by atoms with E-state index >= 15 is 0 Å². The molecule has 1 aromatic carbocycles. The van der Waals surface area contributed by atoms with Gasteiger partial charge < -0.3 is 5.32 Å². The Morgan fingerprint density at radius 1 is 1.18 bits per heavy atom. The van der Waals surface area contributed by atoms with Crippen LogP contribution in [0.3, 0.4) is 0 Å². The maximum Gasteiger partial charge on any atom is 0.222 e. The minimum atomic E-state index is 0.651. The minimum absolute atomic E-state index is 0.651. The first-order valence-electron chi connectivity index (χ1n) is 5.36. The molecule has 2 aromatic heterocycles. The molecule has 0 saturated carbocycles. The summed E-state index contributed by atoms with van der Waals surface area (Å²) in [7, 11) is 1.82. The molecule has 2 heterocycles. The molecule has 0 saturated heterocycles. The van der Waals surface area contributed by atoms with Crippen molar-refractivity contribution in [3.05, 3.63) is 41.9 Å². The van der Waals surface area contributed by atoms with Crippen molar-refractivity contribution in [2.75, 3.05) is 12.4 Å². The van der Waals surface area contributed by atoms with E-state index in [1.54, 1.807) is 17.5 Å². The SMILES string of the molecule is CNc1nccc(-c2csc3ccccc23)n1. The second-order valence-electron chi connectivity index (χ2n) is 3.66. The number of nitrogens with one attached hydrogen (secondary N) is 1. The highest BCUT2D eigenvalue weighted by Crippen LogP contribution is 2.32. The number of anilines is 1. The third kappa shape index (κ3) is 1.76. The molecule has 0 amide bonds. The summed E-state index contributed by atoms with van der Waals surface area (Å²) in [5.74, 6) is 0.651. The summed E-state index contributed by atoms with van der Waals surface area (Å²) in [6.07, 6.45) is 1.78. The van der Waals surface area contributed by atoms with Gasteiger partial charge in [0.1, 0.15) is 0 Å². The Morgan fingerprint density at radius 3 is 2.94 bits per heavy atom. The molecule has 1 N–H and O–H groups in total. The van der Waals surface area contributed by atoms with Crippen LogP contribution < -0.4 is 5.32 Å². The minimum Gasteiger partial charge on any atom is -0.357 e. The zero-order valence-electron chi connectivity index (χ0n) is 9.34. The molecule has 4 heteroatoms. The first-order chi connectivity index (χ1) is 8.38. The van der Waals surface area contributed by atoms with Crippen molar-refractivity contribution in [1.82, 2.24) is 9.97 Å². The molecule has 17 heavy (non-hydrogen) atoms. The van der Waals surface area contributed by atoms with E-state index in [-0.39, 0.29) is 0 Å². The molecule has 0 atom stereocenters. The highest BCUT2D eigenvalue weighted by atomic mass is 32.1. The standard InChI is InChI=1S/C13H11N3S/c1-14-13-15-7-6-11(16-13)10-8-17-12-5-3-2-4-9(10)12/h2-8H,1H3,(H,14,15,16). The third-order valence-electron chi connectivity index (χ3n) is 2.64. The number of rotatable bonds is 2. The zero-order valence-corrected chi connectivity index (χ0v) is 10.2. The Labute approximate surface area is 103 Å². The summed E-state index contributed by atoms with van der Waals surface area (Å²) >= 11 is 1.74. The van der Waals surface area contributed by atoms with Crippen molar-refractivity contribution in [3.63, 3.8) is 0 Å². The average molecular weight is 241 g/mol. The van der Waals surface area contributed by atoms with Gasteiger partial charge in [-0.2, -0.15) is 0 Å². The van der Waals surface area contributed by atoms with Crippen molar-refractivity contribution in [3.8, 4) is 11.3 Å². The smallest absolute Gasteiger partial charge is 0.222 e. The van der Waals surface area contributed by atoms with Crippen LogP contribution in [0.4, 0.5) is 5.95 Å². The predicted octanol–water partition coefficient (Wildman–Crippen LogP) is 3.40. The lowest BCUT2D eigenvalue weighted by atomic mass is 10.1. The number of thiophene rings is 1. The number of nitrogens with zero attached hydrogens (tertiary/aromatic N) is 2. The first-order valence-corrected chi connectivity index (χ1v) is 6.24. The van der Waals surface area contributed by atoms with Gasteiger partial charge in [0.25, 0.3) is 0 Å². The summed E-state index contributed by atoms with van der Waals surface area (Å²) in [6, 6.07) is 10.3. The molecule has 0 aliphatic heterocycles. The molecule has 3 nitrogen and oxygen atoms in total.